The second kappa shape index (κ2) is 31.5. The van der Waals surface area contributed by atoms with E-state index in [2.05, 4.69) is 125 Å². The van der Waals surface area contributed by atoms with Gasteiger partial charge in [0.25, 0.3) is 0 Å². The Morgan fingerprint density at radius 3 is 1.27 bits per heavy atom. The summed E-state index contributed by atoms with van der Waals surface area (Å²) >= 11 is 0. The van der Waals surface area contributed by atoms with E-state index in [1.165, 1.54) is 6.33 Å². The molecule has 4 amide bonds. The average Bonchev–Trinajstić information content (AvgIpc) is 1.55. The number of anilines is 10. The maximum atomic E-state index is 12.4. The van der Waals surface area contributed by atoms with Gasteiger partial charge in [0.05, 0.1) is 39.4 Å². The molecule has 4 aliphatic heterocycles. The number of hydrogen-bond donors (Lipinski definition) is 3. The molecule has 502 valence electrons. The Morgan fingerprint density at radius 2 is 0.867 bits per heavy atom. The number of unbranched alkanes of at least 4 members (excludes halogenated alkanes) is 3. The lowest BCUT2D eigenvalue weighted by Crippen LogP contribution is -2.59. The third-order valence-electron chi connectivity index (χ3n) is 16.4. The first-order chi connectivity index (χ1) is 42.4. The van der Waals surface area contributed by atoms with Crippen LogP contribution in [-0.4, -0.2) is 283 Å². The van der Waals surface area contributed by atoms with Crippen LogP contribution in [0.1, 0.15) is 120 Å². The number of amides is 4. The molecule has 3 N–H and O–H groups in total. The summed E-state index contributed by atoms with van der Waals surface area (Å²) in [4.78, 5) is 109. The molecule has 4 saturated heterocycles. The summed E-state index contributed by atoms with van der Waals surface area (Å²) in [6.45, 7) is 28.3. The number of carbonyl (C=O) groups is 2. The van der Waals surface area contributed by atoms with Gasteiger partial charge in [0, 0.05) is 115 Å². The predicted molar refractivity (Wildman–Crippen MR) is 361 cm³/mol. The van der Waals surface area contributed by atoms with Crippen LogP contribution < -0.4 is 55.1 Å². The van der Waals surface area contributed by atoms with Gasteiger partial charge < -0.3 is 55.1 Å². The molecular weight excluding hydrogens is 1150 g/mol. The van der Waals surface area contributed by atoms with Crippen molar-refractivity contribution < 1.29 is 9.59 Å². The molecule has 0 aliphatic carbocycles. The number of hydrogen-bond acceptors (Lipinski definition) is 27. The van der Waals surface area contributed by atoms with Crippen molar-refractivity contribution in [3.63, 3.8) is 0 Å². The van der Waals surface area contributed by atoms with Crippen LogP contribution >= 0.6 is 0 Å². The number of carbonyl (C=O) groups excluding carboxylic acids is 2. The van der Waals surface area contributed by atoms with E-state index in [0.29, 0.717) is 106 Å². The fourth-order valence-corrected chi connectivity index (χ4v) is 10.1. The highest BCUT2D eigenvalue weighted by Gasteiger charge is 2.62. The molecule has 31 nitrogen and oxygen atoms in total. The zero-order valence-electron chi connectivity index (χ0n) is 58.6. The maximum absolute atomic E-state index is 12.4. The largest absolute Gasteiger partial charge is 0.349 e. The van der Waals surface area contributed by atoms with Gasteiger partial charge in [0.2, 0.25) is 59.5 Å². The fourth-order valence-electron chi connectivity index (χ4n) is 10.1. The van der Waals surface area contributed by atoms with Crippen LogP contribution in [-0.2, 0) is 0 Å². The Balaban J connectivity index is 0.000000278. The number of nitrogens with one attached hydrogen (secondary N) is 3. The van der Waals surface area contributed by atoms with E-state index >= 15 is 0 Å². The predicted octanol–water partition coefficient (Wildman–Crippen LogP) is 4.82. The maximum Gasteiger partial charge on any atom is 0.325 e. The third-order valence-corrected chi connectivity index (χ3v) is 16.4. The highest BCUT2D eigenvalue weighted by atomic mass is 16.2. The molecule has 0 radical (unpaired) electrons. The molecule has 4 fully saturated rings. The van der Waals surface area contributed by atoms with Gasteiger partial charge in [-0.15, -0.1) is 0 Å². The van der Waals surface area contributed by atoms with Crippen LogP contribution in [0.3, 0.4) is 0 Å². The van der Waals surface area contributed by atoms with Crippen molar-refractivity contribution in [1.82, 2.24) is 94.5 Å². The van der Waals surface area contributed by atoms with E-state index in [1.54, 1.807) is 19.6 Å². The smallest absolute Gasteiger partial charge is 0.325 e. The monoisotopic (exact) mass is 1260 g/mol. The van der Waals surface area contributed by atoms with Crippen LogP contribution in [0, 0.1) is 5.41 Å². The molecule has 0 saturated carbocycles. The summed E-state index contributed by atoms with van der Waals surface area (Å²) in [5, 5.41) is 10.1. The topological polar surface area (TPSA) is 270 Å². The molecular formula is C59H109N29O2. The van der Waals surface area contributed by atoms with Crippen LogP contribution in [0.5, 0.6) is 0 Å². The highest BCUT2D eigenvalue weighted by Crippen LogP contribution is 2.39. The molecule has 0 aromatic carbocycles. The van der Waals surface area contributed by atoms with Crippen LogP contribution in [0.2, 0.25) is 0 Å². The van der Waals surface area contributed by atoms with E-state index in [4.69, 9.17) is 44.9 Å². The number of rotatable bonds is 28. The van der Waals surface area contributed by atoms with Crippen molar-refractivity contribution >= 4 is 71.5 Å². The second-order valence-corrected chi connectivity index (χ2v) is 26.5. The van der Waals surface area contributed by atoms with Crippen molar-refractivity contribution in [2.45, 2.75) is 138 Å². The summed E-state index contributed by atoms with van der Waals surface area (Å²) in [6.07, 6.45) is 7.73. The minimum atomic E-state index is -0.224. The minimum Gasteiger partial charge on any atom is -0.349 e. The quantitative estimate of drug-likeness (QED) is 0.0644. The normalized spacial score (nSPS) is 16.7. The van der Waals surface area contributed by atoms with Gasteiger partial charge in [-0.2, -0.15) is 49.8 Å². The number of nitrogens with zero attached hydrogens (tertiary/aromatic N) is 26. The molecule has 8 heterocycles. The molecule has 0 spiro atoms. The van der Waals surface area contributed by atoms with Gasteiger partial charge in [-0.05, 0) is 59.7 Å². The number of urea groups is 2. The average molecular weight is 1260 g/mol. The molecule has 90 heavy (non-hydrogen) atoms. The Bertz CT molecular complexity index is 2800. The first-order valence-electron chi connectivity index (χ1n) is 31.7. The number of likely N-dealkylation sites (N-methyl/N-ethyl adjacent to an activating group) is 2. The SMILES string of the molecule is CCCCN(C)c1nc(NC(CN(C)c2nc(C(C)C)nc(N(C)C)n2)CN(C)c2nc(N(C)CCCC)nc(N(C)CCCC)n2)nc(N(C)C)n1.CN1CN2C(=O)N3CN(C)CN4C(=O)N(C1)C2C34.CNCN(C)c1ncnc(NC(C)(C)C(C)(C)C)n1. The molecule has 1 unspecified atom stereocenters. The van der Waals surface area contributed by atoms with Crippen molar-refractivity contribution in [1.29, 1.82) is 0 Å². The van der Waals surface area contributed by atoms with Gasteiger partial charge in [0.1, 0.15) is 12.2 Å². The third kappa shape index (κ3) is 18.1. The van der Waals surface area contributed by atoms with Crippen LogP contribution in [0.15, 0.2) is 6.33 Å². The van der Waals surface area contributed by atoms with Crippen LogP contribution in [0.25, 0.3) is 0 Å². The van der Waals surface area contributed by atoms with E-state index in [0.717, 1.165) is 64.0 Å². The van der Waals surface area contributed by atoms with Crippen molar-refractivity contribution in [2.75, 3.05) is 208 Å². The molecule has 4 aromatic heterocycles. The van der Waals surface area contributed by atoms with Gasteiger partial charge >= 0.3 is 12.1 Å². The molecule has 1 atom stereocenters. The summed E-state index contributed by atoms with van der Waals surface area (Å²) in [5.74, 6) is 6.92. The Labute approximate surface area is 536 Å². The van der Waals surface area contributed by atoms with Crippen molar-refractivity contribution in [3.8, 4) is 0 Å². The molecule has 4 aromatic rings. The Morgan fingerprint density at radius 1 is 0.500 bits per heavy atom. The van der Waals surface area contributed by atoms with Gasteiger partial charge in [-0.25, -0.2) is 19.6 Å². The fraction of sp³-hybridized carbons (Fsp3) is 0.763. The second-order valence-electron chi connectivity index (χ2n) is 26.5. The Hall–Kier alpha value is -7.54. The first kappa shape index (κ1) is 71.5. The molecule has 4 aliphatic rings. The van der Waals surface area contributed by atoms with Gasteiger partial charge in [-0.3, -0.25) is 29.4 Å². The summed E-state index contributed by atoms with van der Waals surface area (Å²) in [7, 11) is 25.6. The Kier molecular flexibility index (Phi) is 25.0. The van der Waals surface area contributed by atoms with E-state index in [1.807, 2.05) is 116 Å². The molecule has 8 rings (SSSR count). The van der Waals surface area contributed by atoms with E-state index in [9.17, 15) is 9.59 Å². The van der Waals surface area contributed by atoms with E-state index < -0.39 is 0 Å². The van der Waals surface area contributed by atoms with Gasteiger partial charge in [-0.1, -0.05) is 74.7 Å². The lowest BCUT2D eigenvalue weighted by Gasteiger charge is -2.40. The first-order valence-corrected chi connectivity index (χ1v) is 31.7. The van der Waals surface area contributed by atoms with Crippen molar-refractivity contribution in [3.05, 3.63) is 12.2 Å². The highest BCUT2D eigenvalue weighted by molar-refractivity contribution is 5.86. The standard InChI is InChI=1S/C36H67N17.C13H26N6.C10H16N6O2/c1-15-18-21-49(10)33-41-29(40-31(43-33)48(8)9)37-27(24-52(13)32-39-28(26(4)5)38-30(42-32)47(6)7)25-53(14)36-45-34(50(11)22-19-16-2)44-35(46-36)51(12)23-20-17-3;1-12(2,3)13(4,5)18-10-15-8-16-11(17-10)19(7)9-14-6;1-11-3-13-7-8-15(9(13)17)5-12(2)6-16(8)10(18)14(7)4-11/h26-27H,15-25H2,1-14H3,(H,37,40,41,43);8,14H,9H2,1-7H3,(H,15,16,17,18);7-8H,3-6H2,1-2H3. The zero-order chi connectivity index (χ0) is 66.5. The van der Waals surface area contributed by atoms with Gasteiger partial charge in [0.15, 0.2) is 12.3 Å². The van der Waals surface area contributed by atoms with Crippen LogP contribution in [0.4, 0.5) is 69.1 Å². The lowest BCUT2D eigenvalue weighted by molar-refractivity contribution is -0.0106. The summed E-state index contributed by atoms with van der Waals surface area (Å²) in [5.41, 5.74) is -0.0239. The van der Waals surface area contributed by atoms with Crippen molar-refractivity contribution in [2.24, 2.45) is 5.41 Å². The minimum absolute atomic E-state index is 0.0330. The van der Waals surface area contributed by atoms with E-state index in [-0.39, 0.29) is 47.3 Å². The number of aromatic nitrogens is 12. The summed E-state index contributed by atoms with van der Waals surface area (Å²) < 4.78 is 0. The summed E-state index contributed by atoms with van der Waals surface area (Å²) in [6, 6.07) is -0.159. The zero-order valence-corrected chi connectivity index (χ0v) is 58.6. The molecule has 31 heteroatoms. The molecule has 0 bridgehead atoms. The lowest BCUT2D eigenvalue weighted by atomic mass is 9.76.